The minimum Gasteiger partial charge on any atom is -0.368 e. The zero-order chi connectivity index (χ0) is 13.1. The number of primary amides is 1. The lowest BCUT2D eigenvalue weighted by atomic mass is 10.1. The van der Waals surface area contributed by atoms with Crippen LogP contribution in [0, 0.1) is 0 Å². The number of nitrogens with one attached hydrogen (secondary N) is 1. The minimum atomic E-state index is -4.41. The SMILES string of the molecule is NC(=O)C(NCC(F)(F)F)c1cccc(Cl)c1. The molecule has 1 unspecified atom stereocenters. The lowest BCUT2D eigenvalue weighted by Gasteiger charge is -2.17. The van der Waals surface area contributed by atoms with E-state index >= 15 is 0 Å². The summed E-state index contributed by atoms with van der Waals surface area (Å²) in [6.07, 6.45) is -4.41. The zero-order valence-electron chi connectivity index (χ0n) is 8.59. The average Bonchev–Trinajstić information content (AvgIpc) is 2.15. The van der Waals surface area contributed by atoms with Crippen LogP contribution in [0.15, 0.2) is 24.3 Å². The Labute approximate surface area is 101 Å². The second-order valence-corrected chi connectivity index (χ2v) is 3.82. The molecule has 17 heavy (non-hydrogen) atoms. The highest BCUT2D eigenvalue weighted by molar-refractivity contribution is 6.30. The Balaban J connectivity index is 2.83. The summed E-state index contributed by atoms with van der Waals surface area (Å²) in [5.41, 5.74) is 5.34. The third-order valence-corrected chi connectivity index (χ3v) is 2.21. The fourth-order valence-corrected chi connectivity index (χ4v) is 1.49. The van der Waals surface area contributed by atoms with Gasteiger partial charge in [-0.2, -0.15) is 13.2 Å². The van der Waals surface area contributed by atoms with Crippen LogP contribution < -0.4 is 11.1 Å². The van der Waals surface area contributed by atoms with Gasteiger partial charge in [-0.25, -0.2) is 0 Å². The van der Waals surface area contributed by atoms with Gasteiger partial charge in [0, 0.05) is 5.02 Å². The zero-order valence-corrected chi connectivity index (χ0v) is 9.35. The maximum Gasteiger partial charge on any atom is 0.401 e. The number of alkyl halides is 3. The molecule has 0 saturated carbocycles. The van der Waals surface area contributed by atoms with Crippen molar-refractivity contribution in [3.05, 3.63) is 34.9 Å². The number of hydrogen-bond acceptors (Lipinski definition) is 2. The molecule has 1 aromatic carbocycles. The lowest BCUT2D eigenvalue weighted by Crippen LogP contribution is -2.38. The molecule has 1 rings (SSSR count). The Bertz CT molecular complexity index is 409. The molecule has 0 aliphatic carbocycles. The normalized spacial score (nSPS) is 13.4. The van der Waals surface area contributed by atoms with Crippen molar-refractivity contribution in [1.29, 1.82) is 0 Å². The van der Waals surface area contributed by atoms with Gasteiger partial charge in [0.25, 0.3) is 0 Å². The molecule has 0 aliphatic heterocycles. The van der Waals surface area contributed by atoms with Crippen molar-refractivity contribution >= 4 is 17.5 Å². The summed E-state index contributed by atoms with van der Waals surface area (Å²) >= 11 is 5.68. The van der Waals surface area contributed by atoms with Crippen LogP contribution in [0.25, 0.3) is 0 Å². The van der Waals surface area contributed by atoms with Gasteiger partial charge in [-0.15, -0.1) is 0 Å². The first-order chi connectivity index (χ1) is 7.79. The average molecular weight is 267 g/mol. The number of hydrogen-bond donors (Lipinski definition) is 2. The van der Waals surface area contributed by atoms with Gasteiger partial charge >= 0.3 is 6.18 Å². The Hall–Kier alpha value is -1.27. The van der Waals surface area contributed by atoms with Crippen LogP contribution in [0.2, 0.25) is 5.02 Å². The van der Waals surface area contributed by atoms with Gasteiger partial charge in [-0.1, -0.05) is 23.7 Å². The monoisotopic (exact) mass is 266 g/mol. The number of halogens is 4. The first kappa shape index (κ1) is 13.8. The molecule has 1 amide bonds. The summed E-state index contributed by atoms with van der Waals surface area (Å²) in [6.45, 7) is -1.30. The second kappa shape index (κ2) is 5.37. The van der Waals surface area contributed by atoms with Gasteiger partial charge in [-0.3, -0.25) is 10.1 Å². The Morgan fingerprint density at radius 3 is 2.59 bits per heavy atom. The Kier molecular flexibility index (Phi) is 4.36. The summed E-state index contributed by atoms with van der Waals surface area (Å²) in [5.74, 6) is -0.892. The second-order valence-electron chi connectivity index (χ2n) is 3.39. The third-order valence-electron chi connectivity index (χ3n) is 1.97. The van der Waals surface area contributed by atoms with Crippen LogP contribution in [0.4, 0.5) is 13.2 Å². The van der Waals surface area contributed by atoms with E-state index < -0.39 is 24.7 Å². The number of benzene rings is 1. The van der Waals surface area contributed by atoms with Crippen molar-refractivity contribution in [3.63, 3.8) is 0 Å². The molecule has 7 heteroatoms. The highest BCUT2D eigenvalue weighted by atomic mass is 35.5. The van der Waals surface area contributed by atoms with E-state index in [1.807, 2.05) is 5.32 Å². The van der Waals surface area contributed by atoms with Crippen LogP contribution in [-0.2, 0) is 4.79 Å². The van der Waals surface area contributed by atoms with E-state index in [1.165, 1.54) is 18.2 Å². The molecular weight excluding hydrogens is 257 g/mol. The van der Waals surface area contributed by atoms with E-state index in [9.17, 15) is 18.0 Å². The highest BCUT2D eigenvalue weighted by Gasteiger charge is 2.30. The van der Waals surface area contributed by atoms with E-state index in [1.54, 1.807) is 6.07 Å². The van der Waals surface area contributed by atoms with Crippen molar-refractivity contribution in [2.24, 2.45) is 5.73 Å². The first-order valence-corrected chi connectivity index (χ1v) is 5.02. The van der Waals surface area contributed by atoms with E-state index in [0.717, 1.165) is 0 Å². The van der Waals surface area contributed by atoms with Crippen molar-refractivity contribution < 1.29 is 18.0 Å². The molecule has 0 radical (unpaired) electrons. The van der Waals surface area contributed by atoms with Gasteiger partial charge in [0.2, 0.25) is 5.91 Å². The summed E-state index contributed by atoms with van der Waals surface area (Å²) in [7, 11) is 0. The molecule has 0 fully saturated rings. The van der Waals surface area contributed by atoms with E-state index in [0.29, 0.717) is 10.6 Å². The number of carbonyl (C=O) groups is 1. The predicted octanol–water partition coefficient (Wildman–Crippen LogP) is 2.02. The molecule has 3 N–H and O–H groups in total. The molecule has 1 atom stereocenters. The lowest BCUT2D eigenvalue weighted by molar-refractivity contribution is -0.130. The quantitative estimate of drug-likeness (QED) is 0.876. The molecule has 0 aromatic heterocycles. The molecule has 3 nitrogen and oxygen atoms in total. The summed E-state index contributed by atoms with van der Waals surface area (Å²) in [5, 5.41) is 2.37. The molecule has 1 aromatic rings. The number of carbonyl (C=O) groups excluding carboxylic acids is 1. The largest absolute Gasteiger partial charge is 0.401 e. The number of amides is 1. The molecular formula is C10H10ClF3N2O. The topological polar surface area (TPSA) is 55.1 Å². The van der Waals surface area contributed by atoms with Gasteiger partial charge in [0.15, 0.2) is 0 Å². The molecule has 0 aliphatic rings. The van der Waals surface area contributed by atoms with Gasteiger partial charge in [0.1, 0.15) is 6.04 Å². The maximum absolute atomic E-state index is 12.0. The maximum atomic E-state index is 12.0. The molecule has 0 spiro atoms. The van der Waals surface area contributed by atoms with E-state index in [4.69, 9.17) is 17.3 Å². The Morgan fingerprint density at radius 2 is 2.12 bits per heavy atom. The number of rotatable bonds is 4. The Morgan fingerprint density at radius 1 is 1.47 bits per heavy atom. The minimum absolute atomic E-state index is 0.300. The van der Waals surface area contributed by atoms with Crippen molar-refractivity contribution in [3.8, 4) is 0 Å². The first-order valence-electron chi connectivity index (χ1n) is 4.64. The smallest absolute Gasteiger partial charge is 0.368 e. The fourth-order valence-electron chi connectivity index (χ4n) is 1.29. The summed E-state index contributed by atoms with van der Waals surface area (Å²) in [6, 6.07) is 4.73. The summed E-state index contributed by atoms with van der Waals surface area (Å²) in [4.78, 5) is 11.1. The number of nitrogens with two attached hydrogens (primary N) is 1. The standard InChI is InChI=1S/C10H10ClF3N2O/c11-7-3-1-2-6(4-7)8(9(15)17)16-5-10(12,13)14/h1-4,8,16H,5H2,(H2,15,17). The molecule has 94 valence electrons. The third kappa shape index (κ3) is 4.62. The highest BCUT2D eigenvalue weighted by Crippen LogP contribution is 2.20. The van der Waals surface area contributed by atoms with Crippen molar-refractivity contribution in [2.75, 3.05) is 6.54 Å². The van der Waals surface area contributed by atoms with Crippen LogP contribution in [0.5, 0.6) is 0 Å². The van der Waals surface area contributed by atoms with Crippen LogP contribution in [0.1, 0.15) is 11.6 Å². The summed E-state index contributed by atoms with van der Waals surface area (Å²) < 4.78 is 36.1. The van der Waals surface area contributed by atoms with Gasteiger partial charge in [0.05, 0.1) is 6.54 Å². The molecule has 0 saturated heterocycles. The fraction of sp³-hybridized carbons (Fsp3) is 0.300. The van der Waals surface area contributed by atoms with Gasteiger partial charge < -0.3 is 5.73 Å². The molecule has 0 bridgehead atoms. The predicted molar refractivity (Wildman–Crippen MR) is 57.4 cm³/mol. The van der Waals surface area contributed by atoms with Crippen molar-refractivity contribution in [2.45, 2.75) is 12.2 Å². The van der Waals surface area contributed by atoms with Crippen molar-refractivity contribution in [1.82, 2.24) is 5.32 Å². The van der Waals surface area contributed by atoms with E-state index in [-0.39, 0.29) is 0 Å². The molecule has 0 heterocycles. The van der Waals surface area contributed by atoms with Crippen LogP contribution in [-0.4, -0.2) is 18.6 Å². The van der Waals surface area contributed by atoms with Gasteiger partial charge in [-0.05, 0) is 17.7 Å². The van der Waals surface area contributed by atoms with Crippen LogP contribution in [0.3, 0.4) is 0 Å². The van der Waals surface area contributed by atoms with E-state index in [2.05, 4.69) is 0 Å². The van der Waals surface area contributed by atoms with Crippen LogP contribution >= 0.6 is 11.6 Å².